The van der Waals surface area contributed by atoms with Crippen LogP contribution in [0, 0.1) is 0 Å². The Hall–Kier alpha value is -2.50. The van der Waals surface area contributed by atoms with Crippen LogP contribution in [-0.2, 0) is 11.3 Å². The number of rotatable bonds is 5. The number of nitrogens with zero attached hydrogens (tertiary/aromatic N) is 1. The lowest BCUT2D eigenvalue weighted by molar-refractivity contribution is -0.115. The molecule has 4 nitrogen and oxygen atoms in total. The van der Waals surface area contributed by atoms with Gasteiger partial charge in [-0.25, -0.2) is 0 Å². The first kappa shape index (κ1) is 18.3. The van der Waals surface area contributed by atoms with Crippen LogP contribution < -0.4 is 10.6 Å². The predicted octanol–water partition coefficient (Wildman–Crippen LogP) is 3.81. The highest BCUT2D eigenvalue weighted by molar-refractivity contribution is 7.80. The zero-order valence-corrected chi connectivity index (χ0v) is 15.5. The minimum Gasteiger partial charge on any atom is -0.332 e. The van der Waals surface area contributed by atoms with Crippen molar-refractivity contribution in [1.29, 1.82) is 0 Å². The Morgan fingerprint density at radius 3 is 2.42 bits per heavy atom. The maximum atomic E-state index is 11.9. The summed E-state index contributed by atoms with van der Waals surface area (Å²) in [5.41, 5.74) is 3.13. The van der Waals surface area contributed by atoms with Crippen LogP contribution in [0.2, 0.25) is 0 Å². The summed E-state index contributed by atoms with van der Waals surface area (Å²) in [4.78, 5) is 14.4. The number of thiocarbonyl (C=S) groups is 1. The summed E-state index contributed by atoms with van der Waals surface area (Å²) in [5, 5.41) is 5.99. The fraction of sp³-hybridized carbons (Fsp3) is 0.238. The Balaban J connectivity index is 1.46. The molecule has 1 heterocycles. The molecule has 0 unspecified atom stereocenters. The van der Waals surface area contributed by atoms with Crippen LogP contribution >= 0.6 is 12.2 Å². The van der Waals surface area contributed by atoms with Crippen molar-refractivity contribution in [2.75, 3.05) is 18.4 Å². The van der Waals surface area contributed by atoms with Gasteiger partial charge in [-0.1, -0.05) is 42.5 Å². The van der Waals surface area contributed by atoms with Crippen molar-refractivity contribution in [1.82, 2.24) is 10.2 Å². The van der Waals surface area contributed by atoms with E-state index in [-0.39, 0.29) is 5.91 Å². The van der Waals surface area contributed by atoms with E-state index < -0.39 is 0 Å². The average Bonchev–Trinajstić information content (AvgIpc) is 3.15. The van der Waals surface area contributed by atoms with Crippen molar-refractivity contribution >= 4 is 35.0 Å². The van der Waals surface area contributed by atoms with Gasteiger partial charge in [0.1, 0.15) is 0 Å². The van der Waals surface area contributed by atoms with Gasteiger partial charge in [0.2, 0.25) is 5.91 Å². The summed E-state index contributed by atoms with van der Waals surface area (Å²) in [6, 6.07) is 17.8. The van der Waals surface area contributed by atoms with E-state index in [1.165, 1.54) is 37.6 Å². The van der Waals surface area contributed by atoms with Crippen molar-refractivity contribution in [3.8, 4) is 0 Å². The normalized spacial score (nSPS) is 14.5. The second-order valence-corrected chi connectivity index (χ2v) is 6.78. The second-order valence-electron chi connectivity index (χ2n) is 6.37. The van der Waals surface area contributed by atoms with E-state index in [2.05, 4.69) is 27.7 Å². The number of likely N-dealkylation sites (tertiary alicyclic amines) is 1. The number of amides is 1. The van der Waals surface area contributed by atoms with E-state index in [1.807, 2.05) is 42.5 Å². The number of carbonyl (C=O) groups is 1. The molecule has 26 heavy (non-hydrogen) atoms. The fourth-order valence-electron chi connectivity index (χ4n) is 2.94. The third-order valence-electron chi connectivity index (χ3n) is 4.28. The lowest BCUT2D eigenvalue weighted by Gasteiger charge is -2.15. The number of benzene rings is 2. The van der Waals surface area contributed by atoms with Crippen molar-refractivity contribution in [2.45, 2.75) is 19.4 Å². The molecule has 1 aliphatic heterocycles. The lowest BCUT2D eigenvalue weighted by atomic mass is 10.2. The zero-order valence-electron chi connectivity index (χ0n) is 14.7. The Morgan fingerprint density at radius 2 is 1.73 bits per heavy atom. The van der Waals surface area contributed by atoms with Gasteiger partial charge in [-0.2, -0.15) is 0 Å². The molecule has 1 fully saturated rings. The Labute approximate surface area is 159 Å². The Bertz CT molecular complexity index is 766. The summed E-state index contributed by atoms with van der Waals surface area (Å²) in [6.07, 6.45) is 5.83. The minimum atomic E-state index is -0.253. The molecule has 134 valence electrons. The van der Waals surface area contributed by atoms with E-state index in [9.17, 15) is 4.79 Å². The molecule has 0 radical (unpaired) electrons. The van der Waals surface area contributed by atoms with Gasteiger partial charge >= 0.3 is 0 Å². The highest BCUT2D eigenvalue weighted by Crippen LogP contribution is 2.15. The Morgan fingerprint density at radius 1 is 1.04 bits per heavy atom. The van der Waals surface area contributed by atoms with Crippen molar-refractivity contribution in [3.63, 3.8) is 0 Å². The summed E-state index contributed by atoms with van der Waals surface area (Å²) >= 11 is 5.21. The molecule has 0 atom stereocenters. The Kier molecular flexibility index (Phi) is 6.52. The summed E-state index contributed by atoms with van der Waals surface area (Å²) in [6.45, 7) is 3.37. The standard InChI is InChI=1S/C21H23N3OS/c25-20(13-10-17-6-2-1-3-7-17)23-21(26)22-19-11-8-18(9-12-19)16-24-14-4-5-15-24/h1-3,6-13H,4-5,14-16H2,(H2,22,23,25,26)/b13-10+. The van der Waals surface area contributed by atoms with E-state index in [0.29, 0.717) is 5.11 Å². The molecule has 0 saturated carbocycles. The molecular formula is C21H23N3OS. The fourth-order valence-corrected chi connectivity index (χ4v) is 3.16. The molecule has 2 aromatic rings. The first-order valence-electron chi connectivity index (χ1n) is 8.85. The molecule has 3 rings (SSSR count). The highest BCUT2D eigenvalue weighted by atomic mass is 32.1. The van der Waals surface area contributed by atoms with Crippen molar-refractivity contribution in [3.05, 3.63) is 71.8 Å². The first-order valence-corrected chi connectivity index (χ1v) is 9.26. The molecule has 2 aromatic carbocycles. The van der Waals surface area contributed by atoms with Crippen LogP contribution in [0.25, 0.3) is 6.08 Å². The average molecular weight is 366 g/mol. The number of anilines is 1. The molecular weight excluding hydrogens is 342 g/mol. The molecule has 1 saturated heterocycles. The van der Waals surface area contributed by atoms with Crippen LogP contribution in [0.15, 0.2) is 60.7 Å². The molecule has 1 amide bonds. The number of carbonyl (C=O) groups excluding carboxylic acids is 1. The summed E-state index contributed by atoms with van der Waals surface area (Å²) < 4.78 is 0. The predicted molar refractivity (Wildman–Crippen MR) is 111 cm³/mol. The lowest BCUT2D eigenvalue weighted by Crippen LogP contribution is -2.32. The smallest absolute Gasteiger partial charge is 0.250 e. The van der Waals surface area contributed by atoms with Crippen LogP contribution in [0.4, 0.5) is 5.69 Å². The third kappa shape index (κ3) is 5.79. The van der Waals surface area contributed by atoms with Crippen LogP contribution in [-0.4, -0.2) is 29.0 Å². The molecule has 0 aliphatic carbocycles. The van der Waals surface area contributed by atoms with Gasteiger partial charge < -0.3 is 5.32 Å². The summed E-state index contributed by atoms with van der Waals surface area (Å²) in [5.74, 6) is -0.253. The largest absolute Gasteiger partial charge is 0.332 e. The topological polar surface area (TPSA) is 44.4 Å². The minimum absolute atomic E-state index is 0.253. The molecule has 0 aromatic heterocycles. The molecule has 0 spiro atoms. The maximum Gasteiger partial charge on any atom is 0.250 e. The second kappa shape index (κ2) is 9.27. The van der Waals surface area contributed by atoms with Crippen LogP contribution in [0.5, 0.6) is 0 Å². The third-order valence-corrected chi connectivity index (χ3v) is 4.48. The van der Waals surface area contributed by atoms with Gasteiger partial charge in [0.05, 0.1) is 0 Å². The molecule has 2 N–H and O–H groups in total. The van der Waals surface area contributed by atoms with Crippen molar-refractivity contribution < 1.29 is 4.79 Å². The molecule has 5 heteroatoms. The van der Waals surface area contributed by atoms with Gasteiger partial charge in [-0.15, -0.1) is 0 Å². The molecule has 0 bridgehead atoms. The number of hydrogen-bond donors (Lipinski definition) is 2. The van der Waals surface area contributed by atoms with Crippen LogP contribution in [0.1, 0.15) is 24.0 Å². The van der Waals surface area contributed by atoms with Crippen LogP contribution in [0.3, 0.4) is 0 Å². The number of hydrogen-bond acceptors (Lipinski definition) is 3. The first-order chi connectivity index (χ1) is 12.7. The quantitative estimate of drug-likeness (QED) is 0.625. The summed E-state index contributed by atoms with van der Waals surface area (Å²) in [7, 11) is 0. The maximum absolute atomic E-state index is 11.9. The van der Waals surface area contributed by atoms with Gasteiger partial charge in [0.25, 0.3) is 0 Å². The van der Waals surface area contributed by atoms with Gasteiger partial charge in [-0.05, 0) is 67.5 Å². The van der Waals surface area contributed by atoms with Gasteiger partial charge in [0.15, 0.2) is 5.11 Å². The van der Waals surface area contributed by atoms with E-state index >= 15 is 0 Å². The van der Waals surface area contributed by atoms with Gasteiger partial charge in [0, 0.05) is 18.3 Å². The van der Waals surface area contributed by atoms with E-state index in [0.717, 1.165) is 17.8 Å². The monoisotopic (exact) mass is 365 g/mol. The highest BCUT2D eigenvalue weighted by Gasteiger charge is 2.11. The molecule has 1 aliphatic rings. The van der Waals surface area contributed by atoms with E-state index in [4.69, 9.17) is 12.2 Å². The zero-order chi connectivity index (χ0) is 18.2. The number of nitrogens with one attached hydrogen (secondary N) is 2. The SMILES string of the molecule is O=C(/C=C/c1ccccc1)NC(=S)Nc1ccc(CN2CCCC2)cc1. The van der Waals surface area contributed by atoms with E-state index in [1.54, 1.807) is 6.08 Å². The van der Waals surface area contributed by atoms with Crippen molar-refractivity contribution in [2.24, 2.45) is 0 Å². The van der Waals surface area contributed by atoms with Gasteiger partial charge in [-0.3, -0.25) is 15.0 Å².